The van der Waals surface area contributed by atoms with Crippen LogP contribution in [0.2, 0.25) is 0 Å². The van der Waals surface area contributed by atoms with Crippen molar-refractivity contribution >= 4 is 40.9 Å². The minimum Gasteiger partial charge on any atom is -0.350 e. The number of fused-ring (bicyclic) bond motifs is 1. The summed E-state index contributed by atoms with van der Waals surface area (Å²) in [4.78, 5) is 37.3. The van der Waals surface area contributed by atoms with E-state index in [1.165, 1.54) is 5.56 Å². The summed E-state index contributed by atoms with van der Waals surface area (Å²) in [7, 11) is 0. The quantitative estimate of drug-likeness (QED) is 0.285. The second-order valence-corrected chi connectivity index (χ2v) is 9.04. The Kier molecular flexibility index (Phi) is 5.30. The molecule has 2 aliphatic rings. The van der Waals surface area contributed by atoms with Crippen LogP contribution < -0.4 is 21.6 Å². The van der Waals surface area contributed by atoms with Crippen molar-refractivity contribution in [1.29, 1.82) is 0 Å². The second kappa shape index (κ2) is 8.76. The van der Waals surface area contributed by atoms with Crippen LogP contribution in [0.3, 0.4) is 0 Å². The van der Waals surface area contributed by atoms with Crippen LogP contribution in [0, 0.1) is 0 Å². The molecule has 1 aliphatic carbocycles. The number of aromatic nitrogens is 4. The lowest BCUT2D eigenvalue weighted by molar-refractivity contribution is -0.115. The van der Waals surface area contributed by atoms with Crippen molar-refractivity contribution in [1.82, 2.24) is 30.2 Å². The average Bonchev–Trinajstić information content (AvgIpc) is 3.38. The highest BCUT2D eigenvalue weighted by Gasteiger charge is 2.23. The van der Waals surface area contributed by atoms with Gasteiger partial charge in [-0.1, -0.05) is 24.3 Å². The smallest absolute Gasteiger partial charge is 0.326 e. The molecule has 1 aromatic carbocycles. The molecule has 6 rings (SSSR count). The van der Waals surface area contributed by atoms with E-state index >= 15 is 0 Å². The molecule has 35 heavy (non-hydrogen) atoms. The Balaban J connectivity index is 1.35. The molecule has 4 heterocycles. The fourth-order valence-corrected chi connectivity index (χ4v) is 4.40. The Bertz CT molecular complexity index is 1550. The number of imide groups is 1. The first kappa shape index (κ1) is 21.2. The Hall–Kier alpha value is -4.38. The van der Waals surface area contributed by atoms with Gasteiger partial charge in [0, 0.05) is 12.1 Å². The maximum absolute atomic E-state index is 11.9. The number of carbonyl (C=O) groups is 2. The Morgan fingerprint density at radius 1 is 1.17 bits per heavy atom. The average molecular weight is 485 g/mol. The van der Waals surface area contributed by atoms with Gasteiger partial charge in [0.2, 0.25) is 5.95 Å². The van der Waals surface area contributed by atoms with Crippen LogP contribution in [0.4, 0.5) is 10.7 Å². The van der Waals surface area contributed by atoms with E-state index < -0.39 is 11.9 Å². The molecule has 0 radical (unpaired) electrons. The van der Waals surface area contributed by atoms with Crippen molar-refractivity contribution in [2.24, 2.45) is 4.99 Å². The van der Waals surface area contributed by atoms with E-state index in [2.05, 4.69) is 60.0 Å². The summed E-state index contributed by atoms with van der Waals surface area (Å²) in [5.74, 6) is -0.0514. The number of carbonyl (C=O) groups excluding carboxylic acids is 2. The molecule has 0 unspecified atom stereocenters. The maximum Gasteiger partial charge on any atom is 0.326 e. The van der Waals surface area contributed by atoms with Crippen molar-refractivity contribution in [3.63, 3.8) is 0 Å². The molecule has 4 aromatic rings. The summed E-state index contributed by atoms with van der Waals surface area (Å²) < 4.78 is 1.58. The van der Waals surface area contributed by atoms with Crippen molar-refractivity contribution in [2.75, 3.05) is 5.32 Å². The lowest BCUT2D eigenvalue weighted by Crippen LogP contribution is -2.25. The molecule has 3 N–H and O–H groups in total. The topological polar surface area (TPSA) is 126 Å². The molecule has 2 fully saturated rings. The van der Waals surface area contributed by atoms with E-state index in [1.807, 2.05) is 12.1 Å². The fraction of sp³-hybridized carbons (Fsp3) is 0.167. The van der Waals surface area contributed by atoms with Gasteiger partial charge in [0.1, 0.15) is 5.70 Å². The predicted octanol–water partition coefficient (Wildman–Crippen LogP) is 2.71. The van der Waals surface area contributed by atoms with Crippen LogP contribution in [0.15, 0.2) is 64.0 Å². The van der Waals surface area contributed by atoms with Crippen LogP contribution >= 0.6 is 11.3 Å². The molecule has 0 spiro atoms. The first-order valence-corrected chi connectivity index (χ1v) is 12.1. The number of nitrogens with one attached hydrogen (secondary N) is 3. The van der Waals surface area contributed by atoms with Crippen LogP contribution in [-0.2, 0) is 11.3 Å². The molecule has 3 amide bonds. The normalized spacial score (nSPS) is 17.1. The zero-order valence-corrected chi connectivity index (χ0v) is 19.2. The van der Waals surface area contributed by atoms with E-state index in [-0.39, 0.29) is 11.7 Å². The molecule has 3 aromatic heterocycles. The molecule has 174 valence electrons. The van der Waals surface area contributed by atoms with Gasteiger partial charge in [-0.25, -0.2) is 9.79 Å². The molecule has 11 heteroatoms. The van der Waals surface area contributed by atoms with Crippen LogP contribution in [0.5, 0.6) is 0 Å². The van der Waals surface area contributed by atoms with Gasteiger partial charge in [0.25, 0.3) is 11.5 Å². The van der Waals surface area contributed by atoms with Crippen molar-refractivity contribution in [2.45, 2.75) is 25.4 Å². The number of nitrogens with zero attached hydrogens (tertiary/aromatic N) is 5. The number of anilines is 1. The highest BCUT2D eigenvalue weighted by atomic mass is 32.1. The lowest BCUT2D eigenvalue weighted by Gasteiger charge is -2.11. The number of thiophene rings is 1. The Morgan fingerprint density at radius 3 is 2.83 bits per heavy atom. The summed E-state index contributed by atoms with van der Waals surface area (Å²) in [5.41, 5.74) is 5.22. The lowest BCUT2D eigenvalue weighted by atomic mass is 10.0. The molecular formula is C24H20N8O2S. The summed E-state index contributed by atoms with van der Waals surface area (Å²) in [5, 5.41) is 16.6. The fourth-order valence-electron chi connectivity index (χ4n) is 3.75. The SMILES string of the molecule is O=C1NC(=O)/C(=C/c2cnn3c(=NC4CC4)nc(NCc4ccccc4-c4ccsc4)nc3c2)N1. The van der Waals surface area contributed by atoms with Gasteiger partial charge in [-0.3, -0.25) is 10.1 Å². The molecule has 0 atom stereocenters. The van der Waals surface area contributed by atoms with Gasteiger partial charge < -0.3 is 10.6 Å². The van der Waals surface area contributed by atoms with Gasteiger partial charge in [0.05, 0.1) is 12.2 Å². The van der Waals surface area contributed by atoms with Gasteiger partial charge in [0.15, 0.2) is 5.65 Å². The Morgan fingerprint density at radius 2 is 2.06 bits per heavy atom. The van der Waals surface area contributed by atoms with E-state index in [0.717, 1.165) is 24.0 Å². The number of rotatable bonds is 6. The molecular weight excluding hydrogens is 464 g/mol. The predicted molar refractivity (Wildman–Crippen MR) is 131 cm³/mol. The minimum absolute atomic E-state index is 0.154. The Labute approximate surface area is 203 Å². The standard InChI is InChI=1S/C24H20N8O2S/c33-21-19(28-24(34)30-21)9-14-10-20-29-22(31-23(27-17-5-6-17)32(20)26-11-14)25-12-15-3-1-2-4-18(15)16-7-8-35-13-16/h1-4,7-11,13,17H,5-6,12H2,(H,25,27,31)(H2,28,30,33,34)/b19-9-. The van der Waals surface area contributed by atoms with Crippen molar-refractivity contribution in [3.05, 3.63) is 75.8 Å². The highest BCUT2D eigenvalue weighted by Crippen LogP contribution is 2.26. The molecule has 10 nitrogen and oxygen atoms in total. The number of hydrogen-bond acceptors (Lipinski definition) is 8. The molecule has 1 saturated carbocycles. The first-order valence-electron chi connectivity index (χ1n) is 11.1. The summed E-state index contributed by atoms with van der Waals surface area (Å²) in [6, 6.07) is 11.8. The molecule has 1 aliphatic heterocycles. The van der Waals surface area contributed by atoms with Crippen LogP contribution in [0.25, 0.3) is 22.9 Å². The third kappa shape index (κ3) is 4.53. The van der Waals surface area contributed by atoms with Crippen LogP contribution in [-0.4, -0.2) is 37.6 Å². The van der Waals surface area contributed by atoms with E-state index in [9.17, 15) is 9.59 Å². The largest absolute Gasteiger partial charge is 0.350 e. The number of amides is 3. The number of urea groups is 1. The number of benzene rings is 1. The van der Waals surface area contributed by atoms with E-state index in [1.54, 1.807) is 34.2 Å². The van der Waals surface area contributed by atoms with Gasteiger partial charge in [-0.2, -0.15) is 30.9 Å². The van der Waals surface area contributed by atoms with Crippen LogP contribution in [0.1, 0.15) is 24.0 Å². The zero-order chi connectivity index (χ0) is 23.8. The van der Waals surface area contributed by atoms with E-state index in [4.69, 9.17) is 4.99 Å². The van der Waals surface area contributed by atoms with Crippen molar-refractivity contribution in [3.8, 4) is 11.1 Å². The van der Waals surface area contributed by atoms with Crippen molar-refractivity contribution < 1.29 is 9.59 Å². The summed E-state index contributed by atoms with van der Waals surface area (Å²) in [6.45, 7) is 0.536. The van der Waals surface area contributed by atoms with Gasteiger partial charge in [-0.05, 0) is 58.5 Å². The highest BCUT2D eigenvalue weighted by molar-refractivity contribution is 7.08. The monoisotopic (exact) mass is 484 g/mol. The summed E-state index contributed by atoms with van der Waals surface area (Å²) >= 11 is 1.67. The van der Waals surface area contributed by atoms with Gasteiger partial charge in [-0.15, -0.1) is 0 Å². The van der Waals surface area contributed by atoms with Gasteiger partial charge >= 0.3 is 6.03 Å². The maximum atomic E-state index is 11.9. The third-order valence-corrected chi connectivity index (χ3v) is 6.30. The summed E-state index contributed by atoms with van der Waals surface area (Å²) in [6.07, 6.45) is 5.19. The zero-order valence-electron chi connectivity index (χ0n) is 18.4. The molecule has 0 bridgehead atoms. The number of hydrogen-bond donors (Lipinski definition) is 3. The minimum atomic E-state index is -0.550. The second-order valence-electron chi connectivity index (χ2n) is 8.26. The molecule has 1 saturated heterocycles. The van der Waals surface area contributed by atoms with E-state index in [0.29, 0.717) is 29.3 Å². The first-order chi connectivity index (χ1) is 17.1. The third-order valence-electron chi connectivity index (χ3n) is 5.61.